The first-order valence-electron chi connectivity index (χ1n) is 6.91. The zero-order chi connectivity index (χ0) is 15.9. The lowest BCUT2D eigenvalue weighted by Gasteiger charge is -2.25. The molecule has 0 aliphatic rings. The first kappa shape index (κ1) is 17.2. The van der Waals surface area contributed by atoms with Crippen LogP contribution in [0, 0.1) is 18.8 Å². The van der Waals surface area contributed by atoms with Crippen LogP contribution in [0.15, 0.2) is 18.2 Å². The Balaban J connectivity index is 2.84. The van der Waals surface area contributed by atoms with E-state index in [1.165, 1.54) is 0 Å². The molecule has 0 unspecified atom stereocenters. The molecular weight excluding hydrogens is 266 g/mol. The maximum absolute atomic E-state index is 12.2. The number of hydrogen-bond acceptors (Lipinski definition) is 3. The fourth-order valence-electron chi connectivity index (χ4n) is 1.94. The van der Waals surface area contributed by atoms with Crippen molar-refractivity contribution in [3.05, 3.63) is 34.9 Å². The van der Waals surface area contributed by atoms with Gasteiger partial charge in [-0.2, -0.15) is 0 Å². The van der Waals surface area contributed by atoms with E-state index in [-0.39, 0.29) is 12.5 Å². The van der Waals surface area contributed by atoms with Crippen molar-refractivity contribution in [1.82, 2.24) is 5.32 Å². The van der Waals surface area contributed by atoms with Gasteiger partial charge in [0.15, 0.2) is 0 Å². The molecule has 1 aromatic rings. The Hall–Kier alpha value is -1.83. The highest BCUT2D eigenvalue weighted by molar-refractivity contribution is 5.95. The summed E-state index contributed by atoms with van der Waals surface area (Å²) in [4.78, 5) is 12.2. The van der Waals surface area contributed by atoms with Gasteiger partial charge < -0.3 is 15.2 Å². The molecular formula is C17H23NO3. The normalized spacial score (nSPS) is 10.7. The van der Waals surface area contributed by atoms with E-state index in [2.05, 4.69) is 17.2 Å². The second-order valence-electron chi connectivity index (χ2n) is 5.58. The molecule has 0 aliphatic carbocycles. The Bertz CT molecular complexity index is 553. The van der Waals surface area contributed by atoms with Gasteiger partial charge in [0.25, 0.3) is 5.91 Å². The average Bonchev–Trinajstić information content (AvgIpc) is 2.40. The van der Waals surface area contributed by atoms with Gasteiger partial charge in [0.05, 0.1) is 18.8 Å². The zero-order valence-electron chi connectivity index (χ0n) is 13.1. The van der Waals surface area contributed by atoms with E-state index >= 15 is 0 Å². The van der Waals surface area contributed by atoms with Crippen LogP contribution < -0.4 is 5.32 Å². The van der Waals surface area contributed by atoms with Crippen LogP contribution in [0.4, 0.5) is 0 Å². The van der Waals surface area contributed by atoms with Crippen LogP contribution in [0.5, 0.6) is 0 Å². The molecule has 0 radical (unpaired) electrons. The van der Waals surface area contributed by atoms with Gasteiger partial charge in [-0.05, 0) is 44.5 Å². The minimum atomic E-state index is -0.417. The molecule has 0 saturated carbocycles. The Morgan fingerprint density at radius 2 is 2.14 bits per heavy atom. The predicted molar refractivity (Wildman–Crippen MR) is 83.2 cm³/mol. The molecule has 0 spiro atoms. The lowest BCUT2D eigenvalue weighted by atomic mass is 10.0. The smallest absolute Gasteiger partial charge is 0.251 e. The van der Waals surface area contributed by atoms with E-state index < -0.39 is 5.54 Å². The number of nitrogens with one attached hydrogen (secondary N) is 1. The largest absolute Gasteiger partial charge is 0.395 e. The van der Waals surface area contributed by atoms with Gasteiger partial charge in [0, 0.05) is 24.7 Å². The summed E-state index contributed by atoms with van der Waals surface area (Å²) in [6, 6.07) is 5.41. The summed E-state index contributed by atoms with van der Waals surface area (Å²) in [5, 5.41) is 11.7. The third-order valence-electron chi connectivity index (χ3n) is 2.91. The molecule has 0 aliphatic heterocycles. The molecule has 1 rings (SSSR count). The maximum Gasteiger partial charge on any atom is 0.251 e. The maximum atomic E-state index is 12.2. The minimum Gasteiger partial charge on any atom is -0.395 e. The molecule has 0 saturated heterocycles. The number of aliphatic hydroxyl groups excluding tert-OH is 1. The molecule has 4 heteroatoms. The van der Waals surface area contributed by atoms with E-state index in [0.717, 1.165) is 11.1 Å². The number of aliphatic hydroxyl groups is 1. The van der Waals surface area contributed by atoms with Crippen molar-refractivity contribution in [2.75, 3.05) is 20.3 Å². The summed E-state index contributed by atoms with van der Waals surface area (Å²) in [6.07, 6.45) is 0.451. The summed E-state index contributed by atoms with van der Waals surface area (Å²) in [6.45, 7) is 6.25. The van der Waals surface area contributed by atoms with Crippen molar-refractivity contribution in [2.45, 2.75) is 32.7 Å². The Morgan fingerprint density at radius 1 is 1.43 bits per heavy atom. The number of carbonyl (C=O) groups is 1. The van der Waals surface area contributed by atoms with Crippen LogP contribution in [0.1, 0.15) is 41.8 Å². The summed E-state index contributed by atoms with van der Waals surface area (Å²) < 4.78 is 5.09. The number of benzene rings is 1. The van der Waals surface area contributed by atoms with Gasteiger partial charge in [0.1, 0.15) is 0 Å². The second kappa shape index (κ2) is 7.82. The molecule has 114 valence electrons. The van der Waals surface area contributed by atoms with Crippen molar-refractivity contribution >= 4 is 5.91 Å². The first-order valence-corrected chi connectivity index (χ1v) is 6.91. The van der Waals surface area contributed by atoms with Crippen LogP contribution in [-0.2, 0) is 4.74 Å². The van der Waals surface area contributed by atoms with Gasteiger partial charge in [-0.3, -0.25) is 4.79 Å². The SMILES string of the molecule is COCC(C)(C)NC(=O)c1ccc(C#CCCO)c(C)c1. The summed E-state index contributed by atoms with van der Waals surface area (Å²) in [5.74, 6) is 5.74. The highest BCUT2D eigenvalue weighted by atomic mass is 16.5. The zero-order valence-corrected chi connectivity index (χ0v) is 13.1. The molecule has 2 N–H and O–H groups in total. The lowest BCUT2D eigenvalue weighted by Crippen LogP contribution is -2.46. The molecule has 1 amide bonds. The van der Waals surface area contributed by atoms with Crippen LogP contribution in [0.2, 0.25) is 0 Å². The van der Waals surface area contributed by atoms with E-state index in [1.54, 1.807) is 13.2 Å². The fourth-order valence-corrected chi connectivity index (χ4v) is 1.94. The first-order chi connectivity index (χ1) is 9.89. The molecule has 0 heterocycles. The van der Waals surface area contributed by atoms with Crippen LogP contribution in [0.25, 0.3) is 0 Å². The van der Waals surface area contributed by atoms with Crippen molar-refractivity contribution in [3.63, 3.8) is 0 Å². The van der Waals surface area contributed by atoms with Crippen LogP contribution >= 0.6 is 0 Å². The fraction of sp³-hybridized carbons (Fsp3) is 0.471. The Morgan fingerprint density at radius 3 is 2.71 bits per heavy atom. The van der Waals surface area contributed by atoms with E-state index in [1.807, 2.05) is 32.9 Å². The average molecular weight is 289 g/mol. The second-order valence-corrected chi connectivity index (χ2v) is 5.58. The van der Waals surface area contributed by atoms with Crippen molar-refractivity contribution in [1.29, 1.82) is 0 Å². The lowest BCUT2D eigenvalue weighted by molar-refractivity contribution is 0.0820. The van der Waals surface area contributed by atoms with Crippen LogP contribution in [-0.4, -0.2) is 36.9 Å². The number of rotatable bonds is 5. The van der Waals surface area contributed by atoms with Crippen molar-refractivity contribution in [3.8, 4) is 11.8 Å². The summed E-state index contributed by atoms with van der Waals surface area (Å²) >= 11 is 0. The van der Waals surface area contributed by atoms with E-state index in [9.17, 15) is 4.79 Å². The van der Waals surface area contributed by atoms with Gasteiger partial charge in [0.2, 0.25) is 0 Å². The van der Waals surface area contributed by atoms with Crippen LogP contribution in [0.3, 0.4) is 0 Å². The van der Waals surface area contributed by atoms with Crippen molar-refractivity contribution in [2.24, 2.45) is 0 Å². The third-order valence-corrected chi connectivity index (χ3v) is 2.91. The highest BCUT2D eigenvalue weighted by Gasteiger charge is 2.21. The van der Waals surface area contributed by atoms with Gasteiger partial charge in [-0.15, -0.1) is 0 Å². The third kappa shape index (κ3) is 5.58. The monoisotopic (exact) mass is 289 g/mol. The molecule has 4 nitrogen and oxygen atoms in total. The number of amides is 1. The standard InChI is InChI=1S/C17H23NO3/c1-13-11-15(9-8-14(13)7-5-6-10-19)16(20)18-17(2,3)12-21-4/h8-9,11,19H,6,10,12H2,1-4H3,(H,18,20). The van der Waals surface area contributed by atoms with Crippen molar-refractivity contribution < 1.29 is 14.6 Å². The van der Waals surface area contributed by atoms with Gasteiger partial charge in [-0.1, -0.05) is 11.8 Å². The molecule has 1 aromatic carbocycles. The molecule has 0 aromatic heterocycles. The molecule has 21 heavy (non-hydrogen) atoms. The molecule has 0 atom stereocenters. The molecule has 0 fully saturated rings. The topological polar surface area (TPSA) is 58.6 Å². The van der Waals surface area contributed by atoms with E-state index in [0.29, 0.717) is 18.6 Å². The number of aryl methyl sites for hydroxylation is 1. The highest BCUT2D eigenvalue weighted by Crippen LogP contribution is 2.12. The number of carbonyl (C=O) groups excluding carboxylic acids is 1. The number of ether oxygens (including phenoxy) is 1. The molecule has 0 bridgehead atoms. The minimum absolute atomic E-state index is 0.0567. The predicted octanol–water partition coefficient (Wildman–Crippen LogP) is 1.88. The number of hydrogen-bond donors (Lipinski definition) is 2. The Labute approximate surface area is 126 Å². The summed E-state index contributed by atoms with van der Waals surface area (Å²) in [5.41, 5.74) is 2.00. The van der Waals surface area contributed by atoms with Gasteiger partial charge in [-0.25, -0.2) is 0 Å². The summed E-state index contributed by atoms with van der Waals surface area (Å²) in [7, 11) is 1.61. The Kier molecular flexibility index (Phi) is 6.41. The quantitative estimate of drug-likeness (QED) is 0.814. The van der Waals surface area contributed by atoms with E-state index in [4.69, 9.17) is 9.84 Å². The number of methoxy groups -OCH3 is 1. The van der Waals surface area contributed by atoms with Gasteiger partial charge >= 0.3 is 0 Å².